The Morgan fingerprint density at radius 1 is 1.35 bits per heavy atom. The van der Waals surface area contributed by atoms with Crippen LogP contribution in [0.25, 0.3) is 0 Å². The predicted octanol–water partition coefficient (Wildman–Crippen LogP) is 3.37. The number of hydrogen-bond acceptors (Lipinski definition) is 2. The second-order valence-electron chi connectivity index (χ2n) is 6.13. The third-order valence-electron chi connectivity index (χ3n) is 3.65. The summed E-state index contributed by atoms with van der Waals surface area (Å²) in [5.74, 6) is 0.501. The van der Waals surface area contributed by atoms with Gasteiger partial charge in [0.05, 0.1) is 6.10 Å². The van der Waals surface area contributed by atoms with Crippen molar-refractivity contribution in [3.05, 3.63) is 29.6 Å². The van der Waals surface area contributed by atoms with Crippen LogP contribution in [0.5, 0.6) is 0 Å². The van der Waals surface area contributed by atoms with Gasteiger partial charge < -0.3 is 5.11 Å². The lowest BCUT2D eigenvalue weighted by molar-refractivity contribution is 0.109. The van der Waals surface area contributed by atoms with Crippen molar-refractivity contribution < 1.29 is 5.11 Å². The molecule has 1 heterocycles. The molecule has 0 aromatic carbocycles. The maximum absolute atomic E-state index is 10.1. The zero-order valence-corrected chi connectivity index (χ0v) is 11.7. The maximum Gasteiger partial charge on any atom is 0.0598 e. The summed E-state index contributed by atoms with van der Waals surface area (Å²) in [5, 5.41) is 10.1. The van der Waals surface area contributed by atoms with Crippen molar-refractivity contribution in [3.8, 4) is 0 Å². The fourth-order valence-electron chi connectivity index (χ4n) is 1.80. The van der Waals surface area contributed by atoms with Gasteiger partial charge in [0.1, 0.15) is 0 Å². The van der Waals surface area contributed by atoms with Crippen LogP contribution in [0.4, 0.5) is 0 Å². The molecule has 96 valence electrons. The minimum atomic E-state index is -0.294. The second kappa shape index (κ2) is 5.63. The summed E-state index contributed by atoms with van der Waals surface area (Å²) in [6.07, 6.45) is 2.99. The van der Waals surface area contributed by atoms with Gasteiger partial charge in [-0.05, 0) is 36.3 Å². The van der Waals surface area contributed by atoms with Crippen LogP contribution in [0, 0.1) is 18.3 Å². The topological polar surface area (TPSA) is 33.1 Å². The number of aromatic nitrogens is 1. The molecule has 1 N–H and O–H groups in total. The largest absolute Gasteiger partial charge is 0.393 e. The van der Waals surface area contributed by atoms with Gasteiger partial charge in [0.15, 0.2) is 0 Å². The van der Waals surface area contributed by atoms with Gasteiger partial charge in [0, 0.05) is 18.3 Å². The number of aliphatic hydroxyl groups excluding tert-OH is 1. The highest BCUT2D eigenvalue weighted by molar-refractivity contribution is 5.18. The van der Waals surface area contributed by atoms with Gasteiger partial charge in [0.25, 0.3) is 0 Å². The molecule has 1 rings (SSSR count). The Bertz CT molecular complexity index is 354. The van der Waals surface area contributed by atoms with Gasteiger partial charge in [-0.3, -0.25) is 4.98 Å². The molecule has 0 radical (unpaired) electrons. The molecule has 2 atom stereocenters. The molecule has 1 aromatic rings. The third kappa shape index (κ3) is 4.47. The molecule has 0 spiro atoms. The first-order valence-electron chi connectivity index (χ1n) is 6.39. The standard InChI is InChI=1S/C15H25NO/c1-11-7-6-8-16-14(11)10-13(17)9-12(2)15(3,4)5/h6-8,12-13,17H,9-10H2,1-5H3. The van der Waals surface area contributed by atoms with Gasteiger partial charge in [0.2, 0.25) is 0 Å². The molecule has 1 aromatic heterocycles. The van der Waals surface area contributed by atoms with Crippen molar-refractivity contribution in [2.75, 3.05) is 0 Å². The summed E-state index contributed by atoms with van der Waals surface area (Å²) in [6.45, 7) is 10.9. The number of rotatable bonds is 4. The maximum atomic E-state index is 10.1. The number of pyridine rings is 1. The Kier molecular flexibility index (Phi) is 4.70. The summed E-state index contributed by atoms with van der Waals surface area (Å²) >= 11 is 0. The molecular formula is C15H25NO. The minimum Gasteiger partial charge on any atom is -0.393 e. The van der Waals surface area contributed by atoms with E-state index >= 15 is 0 Å². The van der Waals surface area contributed by atoms with Gasteiger partial charge in [-0.15, -0.1) is 0 Å². The fourth-order valence-corrected chi connectivity index (χ4v) is 1.80. The van der Waals surface area contributed by atoms with Crippen molar-refractivity contribution in [2.24, 2.45) is 11.3 Å². The highest BCUT2D eigenvalue weighted by atomic mass is 16.3. The zero-order valence-electron chi connectivity index (χ0n) is 11.7. The monoisotopic (exact) mass is 235 g/mol. The normalized spacial score (nSPS) is 15.6. The fraction of sp³-hybridized carbons (Fsp3) is 0.667. The Hall–Kier alpha value is -0.890. The minimum absolute atomic E-state index is 0.250. The van der Waals surface area contributed by atoms with E-state index in [2.05, 4.69) is 32.7 Å². The average Bonchev–Trinajstić information content (AvgIpc) is 2.20. The molecule has 0 saturated carbocycles. The lowest BCUT2D eigenvalue weighted by Crippen LogP contribution is -2.24. The Labute approximate surface area is 105 Å². The Balaban J connectivity index is 2.56. The summed E-state index contributed by atoms with van der Waals surface area (Å²) in [7, 11) is 0. The quantitative estimate of drug-likeness (QED) is 0.868. The van der Waals surface area contributed by atoms with Crippen molar-refractivity contribution in [1.29, 1.82) is 0 Å². The predicted molar refractivity (Wildman–Crippen MR) is 71.9 cm³/mol. The molecule has 0 amide bonds. The van der Waals surface area contributed by atoms with Crippen LogP contribution in [0.3, 0.4) is 0 Å². The Morgan fingerprint density at radius 3 is 2.53 bits per heavy atom. The van der Waals surface area contributed by atoms with Crippen molar-refractivity contribution in [1.82, 2.24) is 4.98 Å². The molecule has 0 saturated heterocycles. The van der Waals surface area contributed by atoms with E-state index in [4.69, 9.17) is 0 Å². The van der Waals surface area contributed by atoms with E-state index in [-0.39, 0.29) is 11.5 Å². The van der Waals surface area contributed by atoms with Gasteiger partial charge >= 0.3 is 0 Å². The summed E-state index contributed by atoms with van der Waals surface area (Å²) < 4.78 is 0. The number of hydrogen-bond donors (Lipinski definition) is 1. The lowest BCUT2D eigenvalue weighted by Gasteiger charge is -2.29. The van der Waals surface area contributed by atoms with E-state index in [0.29, 0.717) is 12.3 Å². The van der Waals surface area contributed by atoms with Crippen LogP contribution < -0.4 is 0 Å². The molecule has 0 bridgehead atoms. The SMILES string of the molecule is Cc1cccnc1CC(O)CC(C)C(C)(C)C. The molecule has 0 aliphatic heterocycles. The zero-order chi connectivity index (χ0) is 13.1. The van der Waals surface area contributed by atoms with E-state index in [1.54, 1.807) is 6.20 Å². The molecule has 0 fully saturated rings. The third-order valence-corrected chi connectivity index (χ3v) is 3.65. The average molecular weight is 235 g/mol. The highest BCUT2D eigenvalue weighted by Gasteiger charge is 2.23. The van der Waals surface area contributed by atoms with Crippen LogP contribution in [-0.2, 0) is 6.42 Å². The van der Waals surface area contributed by atoms with Crippen LogP contribution in [0.1, 0.15) is 45.4 Å². The molecule has 0 aliphatic rings. The Morgan fingerprint density at radius 2 is 2.00 bits per heavy atom. The van der Waals surface area contributed by atoms with E-state index in [1.165, 1.54) is 0 Å². The van der Waals surface area contributed by atoms with E-state index < -0.39 is 0 Å². The summed E-state index contributed by atoms with van der Waals surface area (Å²) in [5.41, 5.74) is 2.43. The van der Waals surface area contributed by atoms with E-state index in [1.807, 2.05) is 19.1 Å². The molecule has 2 unspecified atom stereocenters. The molecule has 2 heteroatoms. The second-order valence-corrected chi connectivity index (χ2v) is 6.13. The highest BCUT2D eigenvalue weighted by Crippen LogP contribution is 2.29. The van der Waals surface area contributed by atoms with Gasteiger partial charge in [-0.2, -0.15) is 0 Å². The summed E-state index contributed by atoms with van der Waals surface area (Å²) in [4.78, 5) is 4.33. The number of aliphatic hydroxyl groups is 1. The van der Waals surface area contributed by atoms with Crippen molar-refractivity contribution >= 4 is 0 Å². The smallest absolute Gasteiger partial charge is 0.0598 e. The molecule has 2 nitrogen and oxygen atoms in total. The van der Waals surface area contributed by atoms with E-state index in [0.717, 1.165) is 17.7 Å². The lowest BCUT2D eigenvalue weighted by atomic mass is 9.78. The van der Waals surface area contributed by atoms with Crippen molar-refractivity contribution in [3.63, 3.8) is 0 Å². The molecule has 0 aliphatic carbocycles. The first kappa shape index (κ1) is 14.2. The first-order chi connectivity index (χ1) is 7.80. The first-order valence-corrected chi connectivity index (χ1v) is 6.39. The van der Waals surface area contributed by atoms with Crippen LogP contribution in [0.15, 0.2) is 18.3 Å². The number of nitrogens with zero attached hydrogens (tertiary/aromatic N) is 1. The van der Waals surface area contributed by atoms with Crippen LogP contribution in [-0.4, -0.2) is 16.2 Å². The van der Waals surface area contributed by atoms with Gasteiger partial charge in [-0.25, -0.2) is 0 Å². The van der Waals surface area contributed by atoms with E-state index in [9.17, 15) is 5.11 Å². The molecular weight excluding hydrogens is 210 g/mol. The summed E-state index contributed by atoms with van der Waals surface area (Å²) in [6, 6.07) is 3.98. The van der Waals surface area contributed by atoms with Crippen LogP contribution in [0.2, 0.25) is 0 Å². The van der Waals surface area contributed by atoms with Crippen molar-refractivity contribution in [2.45, 2.75) is 53.6 Å². The number of aryl methyl sites for hydroxylation is 1. The van der Waals surface area contributed by atoms with Crippen LogP contribution >= 0.6 is 0 Å². The molecule has 17 heavy (non-hydrogen) atoms. The van der Waals surface area contributed by atoms with Gasteiger partial charge in [-0.1, -0.05) is 33.8 Å².